The second-order valence-electron chi connectivity index (χ2n) is 3.60. The van der Waals surface area contributed by atoms with Crippen molar-refractivity contribution in [2.45, 2.75) is 39.0 Å². The summed E-state index contributed by atoms with van der Waals surface area (Å²) in [5.74, 6) is 0. The fourth-order valence-electron chi connectivity index (χ4n) is 1.56. The van der Waals surface area contributed by atoms with Gasteiger partial charge < -0.3 is 0 Å². The lowest BCUT2D eigenvalue weighted by atomic mass is 10.1. The summed E-state index contributed by atoms with van der Waals surface area (Å²) in [5, 5.41) is 2.10. The highest BCUT2D eigenvalue weighted by atomic mass is 32.1. The number of carbonyl (C=O) groups is 1. The van der Waals surface area contributed by atoms with Gasteiger partial charge in [0.15, 0.2) is 0 Å². The van der Waals surface area contributed by atoms with Crippen molar-refractivity contribution in [2.75, 3.05) is 0 Å². The maximum absolute atomic E-state index is 10.2. The van der Waals surface area contributed by atoms with E-state index >= 15 is 0 Å². The minimum absolute atomic E-state index is 0.832. The van der Waals surface area contributed by atoms with Crippen LogP contribution in [0.4, 0.5) is 0 Å². The number of aldehydes is 1. The van der Waals surface area contributed by atoms with E-state index in [1.165, 1.54) is 36.1 Å². The Labute approximate surface area is 95.8 Å². The van der Waals surface area contributed by atoms with E-state index in [1.54, 1.807) is 17.4 Å². The molecule has 0 fully saturated rings. The first-order valence-electron chi connectivity index (χ1n) is 5.56. The maximum Gasteiger partial charge on any atom is 0.142 e. The molecule has 0 bridgehead atoms. The van der Waals surface area contributed by atoms with Crippen LogP contribution in [0.2, 0.25) is 0 Å². The molecule has 0 saturated heterocycles. The summed E-state index contributed by atoms with van der Waals surface area (Å²) in [4.78, 5) is 11.6. The number of aryl methyl sites for hydroxylation is 1. The minimum atomic E-state index is 0.832. The van der Waals surface area contributed by atoms with Crippen LogP contribution in [0.3, 0.4) is 0 Å². The van der Waals surface area contributed by atoms with Crippen LogP contribution in [0, 0.1) is 0 Å². The molecule has 15 heavy (non-hydrogen) atoms. The highest BCUT2D eigenvalue weighted by Crippen LogP contribution is 2.20. The van der Waals surface area contributed by atoms with Gasteiger partial charge in [-0.15, -0.1) is 11.3 Å². The van der Waals surface area contributed by atoms with Crippen LogP contribution in [0.15, 0.2) is 17.5 Å². The molecule has 0 aliphatic rings. The molecule has 82 valence electrons. The number of thiophene rings is 1. The average Bonchev–Trinajstić information content (AvgIpc) is 2.69. The second kappa shape index (κ2) is 7.41. The maximum atomic E-state index is 10.2. The number of unbranched alkanes of at least 4 members (excludes halogenated alkanes) is 3. The third-order valence-corrected chi connectivity index (χ3v) is 3.39. The SMILES string of the molecule is CCCCCCc1sccc1C=CC=O. The van der Waals surface area contributed by atoms with Crippen molar-refractivity contribution in [1.82, 2.24) is 0 Å². The predicted molar refractivity (Wildman–Crippen MR) is 67.3 cm³/mol. The summed E-state index contributed by atoms with van der Waals surface area (Å²) >= 11 is 1.79. The molecule has 1 nitrogen and oxygen atoms in total. The van der Waals surface area contributed by atoms with Crippen LogP contribution in [0.5, 0.6) is 0 Å². The van der Waals surface area contributed by atoms with Gasteiger partial charge in [0.05, 0.1) is 0 Å². The van der Waals surface area contributed by atoms with Gasteiger partial charge in [0.2, 0.25) is 0 Å². The summed E-state index contributed by atoms with van der Waals surface area (Å²) in [6, 6.07) is 2.08. The first kappa shape index (κ1) is 12.2. The Morgan fingerprint density at radius 1 is 1.33 bits per heavy atom. The highest BCUT2D eigenvalue weighted by molar-refractivity contribution is 7.10. The van der Waals surface area contributed by atoms with Gasteiger partial charge in [0.1, 0.15) is 6.29 Å². The monoisotopic (exact) mass is 222 g/mol. The standard InChI is InChI=1S/C13H18OS/c1-2-3-4-5-8-13-12(7-6-10-14)9-11-15-13/h6-7,9-11H,2-5,8H2,1H3. The topological polar surface area (TPSA) is 17.1 Å². The zero-order chi connectivity index (χ0) is 10.9. The van der Waals surface area contributed by atoms with Gasteiger partial charge in [-0.2, -0.15) is 0 Å². The van der Waals surface area contributed by atoms with Crippen molar-refractivity contribution in [3.8, 4) is 0 Å². The van der Waals surface area contributed by atoms with Crippen LogP contribution in [0.25, 0.3) is 6.08 Å². The first-order valence-corrected chi connectivity index (χ1v) is 6.44. The quantitative estimate of drug-likeness (QED) is 0.386. The van der Waals surface area contributed by atoms with Gasteiger partial charge >= 0.3 is 0 Å². The third kappa shape index (κ3) is 4.43. The molecular formula is C13H18OS. The van der Waals surface area contributed by atoms with Crippen molar-refractivity contribution in [1.29, 1.82) is 0 Å². The molecule has 0 N–H and O–H groups in total. The largest absolute Gasteiger partial charge is 0.299 e. The summed E-state index contributed by atoms with van der Waals surface area (Å²) in [7, 11) is 0. The smallest absolute Gasteiger partial charge is 0.142 e. The molecule has 0 spiro atoms. The van der Waals surface area contributed by atoms with Crippen LogP contribution in [0.1, 0.15) is 43.0 Å². The van der Waals surface area contributed by atoms with Gasteiger partial charge in [-0.25, -0.2) is 0 Å². The molecule has 1 aromatic heterocycles. The van der Waals surface area contributed by atoms with Gasteiger partial charge in [0, 0.05) is 4.88 Å². The normalized spacial score (nSPS) is 11.0. The van der Waals surface area contributed by atoms with Crippen molar-refractivity contribution in [2.24, 2.45) is 0 Å². The van der Waals surface area contributed by atoms with Gasteiger partial charge in [-0.1, -0.05) is 32.3 Å². The van der Waals surface area contributed by atoms with Crippen molar-refractivity contribution in [3.63, 3.8) is 0 Å². The van der Waals surface area contributed by atoms with Gasteiger partial charge in [-0.3, -0.25) is 4.79 Å². The van der Waals surface area contributed by atoms with E-state index in [-0.39, 0.29) is 0 Å². The average molecular weight is 222 g/mol. The highest BCUT2D eigenvalue weighted by Gasteiger charge is 2.00. The number of hydrogen-bond acceptors (Lipinski definition) is 2. The van der Waals surface area contributed by atoms with E-state index in [4.69, 9.17) is 0 Å². The van der Waals surface area contributed by atoms with Crippen molar-refractivity contribution < 1.29 is 4.79 Å². The van der Waals surface area contributed by atoms with Crippen LogP contribution in [-0.2, 0) is 11.2 Å². The number of allylic oxidation sites excluding steroid dienone is 1. The van der Waals surface area contributed by atoms with Crippen LogP contribution >= 0.6 is 11.3 Å². The molecule has 0 radical (unpaired) electrons. The van der Waals surface area contributed by atoms with Crippen LogP contribution in [-0.4, -0.2) is 6.29 Å². The summed E-state index contributed by atoms with van der Waals surface area (Å²) < 4.78 is 0. The van der Waals surface area contributed by atoms with E-state index in [2.05, 4.69) is 18.4 Å². The molecule has 2 heteroatoms. The van der Waals surface area contributed by atoms with E-state index in [0.29, 0.717) is 0 Å². The molecule has 0 aliphatic carbocycles. The van der Waals surface area contributed by atoms with Gasteiger partial charge in [0.25, 0.3) is 0 Å². The van der Waals surface area contributed by atoms with E-state index in [0.717, 1.165) is 12.7 Å². The third-order valence-electron chi connectivity index (χ3n) is 2.39. The van der Waals surface area contributed by atoms with Crippen LogP contribution < -0.4 is 0 Å². The fourth-order valence-corrected chi connectivity index (χ4v) is 2.47. The minimum Gasteiger partial charge on any atom is -0.299 e. The Hall–Kier alpha value is -0.890. The summed E-state index contributed by atoms with van der Waals surface area (Å²) in [6.45, 7) is 2.23. The fraction of sp³-hybridized carbons (Fsp3) is 0.462. The molecule has 0 aliphatic heterocycles. The second-order valence-corrected chi connectivity index (χ2v) is 4.61. The Bertz CT molecular complexity index is 312. The molecule has 0 saturated carbocycles. The van der Waals surface area contributed by atoms with E-state index in [1.807, 2.05) is 6.08 Å². The molecular weight excluding hydrogens is 204 g/mol. The molecule has 0 atom stereocenters. The Balaban J connectivity index is 2.42. The number of carbonyl (C=O) groups excluding carboxylic acids is 1. The summed E-state index contributed by atoms with van der Waals surface area (Å²) in [5.41, 5.74) is 1.21. The zero-order valence-electron chi connectivity index (χ0n) is 9.24. The molecule has 0 aromatic carbocycles. The van der Waals surface area contributed by atoms with Crippen molar-refractivity contribution >= 4 is 23.7 Å². The predicted octanol–water partition coefficient (Wildman–Crippen LogP) is 4.08. The number of hydrogen-bond donors (Lipinski definition) is 0. The number of rotatable bonds is 7. The van der Waals surface area contributed by atoms with Crippen molar-refractivity contribution in [3.05, 3.63) is 28.0 Å². The van der Waals surface area contributed by atoms with E-state index < -0.39 is 0 Å². The van der Waals surface area contributed by atoms with Gasteiger partial charge in [-0.05, 0) is 35.9 Å². The lowest BCUT2D eigenvalue weighted by Gasteiger charge is -1.99. The first-order chi connectivity index (χ1) is 7.38. The molecule has 1 aromatic rings. The Morgan fingerprint density at radius 2 is 2.20 bits per heavy atom. The Kier molecular flexibility index (Phi) is 6.02. The lowest BCUT2D eigenvalue weighted by Crippen LogP contribution is -1.84. The zero-order valence-corrected chi connectivity index (χ0v) is 10.1. The molecule has 1 rings (SSSR count). The van der Waals surface area contributed by atoms with E-state index in [9.17, 15) is 4.79 Å². The Morgan fingerprint density at radius 3 is 2.93 bits per heavy atom. The molecule has 0 unspecified atom stereocenters. The lowest BCUT2D eigenvalue weighted by molar-refractivity contribution is -0.104. The summed E-state index contributed by atoms with van der Waals surface area (Å²) in [6.07, 6.45) is 10.6. The molecule has 0 amide bonds. The molecule has 1 heterocycles.